The van der Waals surface area contributed by atoms with Crippen LogP contribution in [0, 0.1) is 13.8 Å². The summed E-state index contributed by atoms with van der Waals surface area (Å²) in [5.41, 5.74) is 3.93. The predicted octanol–water partition coefficient (Wildman–Crippen LogP) is 3.22. The highest BCUT2D eigenvalue weighted by atomic mass is 16.5. The van der Waals surface area contributed by atoms with Gasteiger partial charge in [0.15, 0.2) is 0 Å². The maximum atomic E-state index is 12.1. The van der Waals surface area contributed by atoms with E-state index in [4.69, 9.17) is 9.26 Å². The van der Waals surface area contributed by atoms with Crippen molar-refractivity contribution in [2.75, 3.05) is 7.11 Å². The third-order valence-electron chi connectivity index (χ3n) is 4.01. The molecule has 6 heteroatoms. The van der Waals surface area contributed by atoms with Gasteiger partial charge in [0, 0.05) is 5.56 Å². The summed E-state index contributed by atoms with van der Waals surface area (Å²) in [6.07, 6.45) is 0.281. The molecule has 1 heterocycles. The standard InChI is InChI=1S/C20H21N3O3/c1-13-5-4-6-16(9-13)20-22-19(26-23-20)12-21-18(24)11-15-7-8-17(25-3)14(2)10-15/h4-10H,11-12H2,1-3H3,(H,21,24). The van der Waals surface area contributed by atoms with Crippen LogP contribution in [-0.2, 0) is 17.8 Å². The number of hydrogen-bond donors (Lipinski definition) is 1. The zero-order valence-corrected chi connectivity index (χ0v) is 15.1. The van der Waals surface area contributed by atoms with Crippen molar-refractivity contribution >= 4 is 5.91 Å². The van der Waals surface area contributed by atoms with E-state index in [-0.39, 0.29) is 18.9 Å². The molecule has 0 unspecified atom stereocenters. The van der Waals surface area contributed by atoms with Crippen molar-refractivity contribution < 1.29 is 14.1 Å². The molecule has 1 amide bonds. The highest BCUT2D eigenvalue weighted by Gasteiger charge is 2.11. The number of amides is 1. The summed E-state index contributed by atoms with van der Waals surface area (Å²) in [6, 6.07) is 13.6. The molecule has 3 rings (SSSR count). The van der Waals surface area contributed by atoms with Gasteiger partial charge in [-0.1, -0.05) is 41.1 Å². The fourth-order valence-electron chi connectivity index (χ4n) is 2.70. The molecule has 0 atom stereocenters. The van der Waals surface area contributed by atoms with Gasteiger partial charge < -0.3 is 14.6 Å². The lowest BCUT2D eigenvalue weighted by atomic mass is 10.1. The molecule has 0 radical (unpaired) electrons. The zero-order chi connectivity index (χ0) is 18.5. The van der Waals surface area contributed by atoms with E-state index in [1.807, 2.05) is 56.3 Å². The number of nitrogens with one attached hydrogen (secondary N) is 1. The third kappa shape index (κ3) is 4.27. The molecule has 6 nitrogen and oxygen atoms in total. The Balaban J connectivity index is 1.57. The highest BCUT2D eigenvalue weighted by molar-refractivity contribution is 5.78. The van der Waals surface area contributed by atoms with Gasteiger partial charge >= 0.3 is 0 Å². The lowest BCUT2D eigenvalue weighted by molar-refractivity contribution is -0.120. The van der Waals surface area contributed by atoms with Gasteiger partial charge in [-0.05, 0) is 37.1 Å². The van der Waals surface area contributed by atoms with Crippen LogP contribution in [0.4, 0.5) is 0 Å². The molecule has 0 fully saturated rings. The van der Waals surface area contributed by atoms with Gasteiger partial charge in [0.05, 0.1) is 20.1 Å². The van der Waals surface area contributed by atoms with Crippen molar-refractivity contribution in [1.82, 2.24) is 15.5 Å². The van der Waals surface area contributed by atoms with Gasteiger partial charge in [0.2, 0.25) is 17.6 Å². The summed E-state index contributed by atoms with van der Waals surface area (Å²) in [4.78, 5) is 16.5. The predicted molar refractivity (Wildman–Crippen MR) is 97.8 cm³/mol. The molecular formula is C20H21N3O3. The summed E-state index contributed by atoms with van der Waals surface area (Å²) in [5, 5.41) is 6.77. The molecular weight excluding hydrogens is 330 g/mol. The van der Waals surface area contributed by atoms with E-state index in [1.165, 1.54) is 0 Å². The molecule has 134 valence electrons. The number of aryl methyl sites for hydroxylation is 2. The molecule has 0 aliphatic carbocycles. The topological polar surface area (TPSA) is 77.2 Å². The van der Waals surface area contributed by atoms with E-state index < -0.39 is 0 Å². The van der Waals surface area contributed by atoms with Gasteiger partial charge in [-0.25, -0.2) is 0 Å². The van der Waals surface area contributed by atoms with E-state index in [0.717, 1.165) is 28.0 Å². The van der Waals surface area contributed by atoms with Crippen molar-refractivity contribution in [2.24, 2.45) is 0 Å². The fraction of sp³-hybridized carbons (Fsp3) is 0.250. The smallest absolute Gasteiger partial charge is 0.246 e. The van der Waals surface area contributed by atoms with Gasteiger partial charge in [-0.3, -0.25) is 4.79 Å². The molecule has 1 aromatic heterocycles. The Morgan fingerprint density at radius 3 is 2.77 bits per heavy atom. The summed E-state index contributed by atoms with van der Waals surface area (Å²) in [7, 11) is 1.63. The van der Waals surface area contributed by atoms with Crippen LogP contribution < -0.4 is 10.1 Å². The van der Waals surface area contributed by atoms with Gasteiger partial charge in [-0.2, -0.15) is 4.98 Å². The lowest BCUT2D eigenvalue weighted by Gasteiger charge is -2.07. The molecule has 1 N–H and O–H groups in total. The molecule has 0 saturated carbocycles. The minimum absolute atomic E-state index is 0.107. The number of rotatable bonds is 6. The molecule has 0 aliphatic rings. The second kappa shape index (κ2) is 7.82. The molecule has 0 aliphatic heterocycles. The first-order valence-corrected chi connectivity index (χ1v) is 8.35. The average molecular weight is 351 g/mol. The number of carbonyl (C=O) groups is 1. The minimum atomic E-state index is -0.107. The summed E-state index contributed by atoms with van der Waals surface area (Å²) < 4.78 is 10.4. The Morgan fingerprint density at radius 1 is 1.19 bits per heavy atom. The Hall–Kier alpha value is -3.15. The maximum absolute atomic E-state index is 12.1. The van der Waals surface area contributed by atoms with Crippen molar-refractivity contribution in [2.45, 2.75) is 26.8 Å². The molecule has 0 saturated heterocycles. The van der Waals surface area contributed by atoms with Crippen LogP contribution in [0.3, 0.4) is 0 Å². The van der Waals surface area contributed by atoms with Crippen LogP contribution in [-0.4, -0.2) is 23.2 Å². The monoisotopic (exact) mass is 351 g/mol. The van der Waals surface area contributed by atoms with Crippen LogP contribution in [0.2, 0.25) is 0 Å². The second-order valence-corrected chi connectivity index (χ2v) is 6.14. The van der Waals surface area contributed by atoms with Crippen LogP contribution in [0.5, 0.6) is 5.75 Å². The van der Waals surface area contributed by atoms with Gasteiger partial charge in [0.25, 0.3) is 0 Å². The number of nitrogens with zero attached hydrogens (tertiary/aromatic N) is 2. The Labute approximate surface area is 152 Å². The van der Waals surface area contributed by atoms with Crippen molar-refractivity contribution in [3.8, 4) is 17.1 Å². The summed E-state index contributed by atoms with van der Waals surface area (Å²) in [5.74, 6) is 1.60. The average Bonchev–Trinajstić information content (AvgIpc) is 3.09. The number of methoxy groups -OCH3 is 1. The molecule has 0 bridgehead atoms. The number of benzene rings is 2. The normalized spacial score (nSPS) is 10.6. The summed E-state index contributed by atoms with van der Waals surface area (Å²) in [6.45, 7) is 4.16. The Morgan fingerprint density at radius 2 is 2.04 bits per heavy atom. The SMILES string of the molecule is COc1ccc(CC(=O)NCc2nc(-c3cccc(C)c3)no2)cc1C. The Bertz CT molecular complexity index is 918. The molecule has 0 spiro atoms. The number of hydrogen-bond acceptors (Lipinski definition) is 5. The van der Waals surface area contributed by atoms with Gasteiger partial charge in [0.1, 0.15) is 5.75 Å². The van der Waals surface area contributed by atoms with Crippen LogP contribution in [0.25, 0.3) is 11.4 Å². The largest absolute Gasteiger partial charge is 0.496 e. The lowest BCUT2D eigenvalue weighted by Crippen LogP contribution is -2.24. The van der Waals surface area contributed by atoms with Gasteiger partial charge in [-0.15, -0.1) is 0 Å². The van der Waals surface area contributed by atoms with E-state index in [9.17, 15) is 4.79 Å². The first-order valence-electron chi connectivity index (χ1n) is 8.35. The first-order chi connectivity index (χ1) is 12.5. The molecule has 2 aromatic carbocycles. The second-order valence-electron chi connectivity index (χ2n) is 6.14. The molecule has 26 heavy (non-hydrogen) atoms. The molecule has 3 aromatic rings. The zero-order valence-electron chi connectivity index (χ0n) is 15.1. The van der Waals surface area contributed by atoms with Crippen molar-refractivity contribution in [3.05, 3.63) is 65.0 Å². The van der Waals surface area contributed by atoms with Crippen molar-refractivity contribution in [3.63, 3.8) is 0 Å². The van der Waals surface area contributed by atoms with E-state index in [2.05, 4.69) is 15.5 Å². The quantitative estimate of drug-likeness (QED) is 0.738. The van der Waals surface area contributed by atoms with Crippen LogP contribution in [0.1, 0.15) is 22.6 Å². The Kier molecular flexibility index (Phi) is 5.31. The number of aromatic nitrogens is 2. The van der Waals surface area contributed by atoms with Crippen LogP contribution >= 0.6 is 0 Å². The van der Waals surface area contributed by atoms with Crippen LogP contribution in [0.15, 0.2) is 47.0 Å². The number of ether oxygens (including phenoxy) is 1. The third-order valence-corrected chi connectivity index (χ3v) is 4.01. The minimum Gasteiger partial charge on any atom is -0.496 e. The fourth-order valence-corrected chi connectivity index (χ4v) is 2.70. The first kappa shape index (κ1) is 17.7. The summed E-state index contributed by atoms with van der Waals surface area (Å²) >= 11 is 0. The van der Waals surface area contributed by atoms with Crippen molar-refractivity contribution in [1.29, 1.82) is 0 Å². The number of carbonyl (C=O) groups excluding carboxylic acids is 1. The highest BCUT2D eigenvalue weighted by Crippen LogP contribution is 2.19. The van der Waals surface area contributed by atoms with E-state index >= 15 is 0 Å². The van der Waals surface area contributed by atoms with E-state index in [0.29, 0.717) is 11.7 Å². The maximum Gasteiger partial charge on any atom is 0.246 e. The van der Waals surface area contributed by atoms with E-state index in [1.54, 1.807) is 7.11 Å².